The molecule has 2 aromatic rings. The molecule has 0 aliphatic heterocycles. The van der Waals surface area contributed by atoms with Gasteiger partial charge >= 0.3 is 0 Å². The Bertz CT molecular complexity index is 852. The second-order valence-electron chi connectivity index (χ2n) is 5.84. The molecule has 1 amide bonds. The maximum atomic E-state index is 12.5. The zero-order valence-electron chi connectivity index (χ0n) is 15.3. The third-order valence-corrected chi connectivity index (χ3v) is 5.14. The van der Waals surface area contributed by atoms with E-state index in [-0.39, 0.29) is 10.8 Å². The van der Waals surface area contributed by atoms with E-state index in [1.165, 1.54) is 18.2 Å². The molecule has 0 saturated carbocycles. The van der Waals surface area contributed by atoms with Crippen molar-refractivity contribution in [2.45, 2.75) is 24.7 Å². The van der Waals surface area contributed by atoms with Crippen molar-refractivity contribution in [2.75, 3.05) is 24.4 Å². The van der Waals surface area contributed by atoms with Crippen molar-refractivity contribution < 1.29 is 17.9 Å². The fourth-order valence-electron chi connectivity index (χ4n) is 2.39. The van der Waals surface area contributed by atoms with Crippen molar-refractivity contribution >= 4 is 21.6 Å². The monoisotopic (exact) mass is 391 g/mol. The third-order valence-electron chi connectivity index (χ3n) is 3.74. The van der Waals surface area contributed by atoms with Crippen molar-refractivity contribution in [3.05, 3.63) is 54.1 Å². The van der Waals surface area contributed by atoms with Crippen LogP contribution in [0.25, 0.3) is 0 Å². The highest BCUT2D eigenvalue weighted by Gasteiger charge is 2.15. The SMILES string of the molecule is CCOc1ccc(S(=O)(=O)Nc2cccc(C(=O)NCCCCN)c2)cc1. The molecule has 4 N–H and O–H groups in total. The quantitative estimate of drug-likeness (QED) is 0.539. The largest absolute Gasteiger partial charge is 0.494 e. The van der Waals surface area contributed by atoms with Gasteiger partial charge in [-0.1, -0.05) is 6.07 Å². The Morgan fingerprint density at radius 2 is 1.85 bits per heavy atom. The van der Waals surface area contributed by atoms with Crippen LogP contribution in [0, 0.1) is 0 Å². The highest BCUT2D eigenvalue weighted by atomic mass is 32.2. The van der Waals surface area contributed by atoms with Gasteiger partial charge in [-0.25, -0.2) is 8.42 Å². The van der Waals surface area contributed by atoms with Crippen LogP contribution < -0.4 is 20.5 Å². The minimum absolute atomic E-state index is 0.114. The Kier molecular flexibility index (Phi) is 7.63. The number of nitrogens with two attached hydrogens (primary N) is 1. The van der Waals surface area contributed by atoms with Crippen LogP contribution in [0.3, 0.4) is 0 Å². The van der Waals surface area contributed by atoms with Crippen LogP contribution >= 0.6 is 0 Å². The molecule has 2 rings (SSSR count). The molecule has 8 heteroatoms. The number of sulfonamides is 1. The first kappa shape index (κ1) is 20.7. The molecule has 0 fully saturated rings. The van der Waals surface area contributed by atoms with Gasteiger partial charge < -0.3 is 15.8 Å². The Morgan fingerprint density at radius 3 is 2.52 bits per heavy atom. The molecule has 7 nitrogen and oxygen atoms in total. The highest BCUT2D eigenvalue weighted by Crippen LogP contribution is 2.20. The summed E-state index contributed by atoms with van der Waals surface area (Å²) in [5.41, 5.74) is 6.12. The van der Waals surface area contributed by atoms with E-state index in [9.17, 15) is 13.2 Å². The molecule has 0 aliphatic carbocycles. The minimum atomic E-state index is -3.76. The summed E-state index contributed by atoms with van der Waals surface area (Å²) in [5.74, 6) is 0.346. The third kappa shape index (κ3) is 6.26. The summed E-state index contributed by atoms with van der Waals surface area (Å²) in [5, 5.41) is 2.79. The van der Waals surface area contributed by atoms with Gasteiger partial charge in [0.15, 0.2) is 0 Å². The number of hydrogen-bond acceptors (Lipinski definition) is 5. The number of anilines is 1. The molecule has 0 aliphatic rings. The lowest BCUT2D eigenvalue weighted by atomic mass is 10.2. The van der Waals surface area contributed by atoms with Crippen LogP contribution in [0.2, 0.25) is 0 Å². The van der Waals surface area contributed by atoms with Crippen molar-refractivity contribution in [3.8, 4) is 5.75 Å². The second-order valence-corrected chi connectivity index (χ2v) is 7.52. The highest BCUT2D eigenvalue weighted by molar-refractivity contribution is 7.92. The molecule has 0 aromatic heterocycles. The van der Waals surface area contributed by atoms with E-state index in [0.717, 1.165) is 12.8 Å². The molecule has 0 atom stereocenters. The van der Waals surface area contributed by atoms with Gasteiger partial charge in [0.2, 0.25) is 0 Å². The van der Waals surface area contributed by atoms with Crippen LogP contribution in [0.1, 0.15) is 30.1 Å². The van der Waals surface area contributed by atoms with Crippen LogP contribution in [0.4, 0.5) is 5.69 Å². The predicted molar refractivity (Wildman–Crippen MR) is 105 cm³/mol. The maximum Gasteiger partial charge on any atom is 0.261 e. The molecule has 0 spiro atoms. The summed E-state index contributed by atoms with van der Waals surface area (Å²) in [6.45, 7) is 3.47. The summed E-state index contributed by atoms with van der Waals surface area (Å²) in [6, 6.07) is 12.5. The molecule has 0 heterocycles. The Balaban J connectivity index is 2.06. The van der Waals surface area contributed by atoms with E-state index in [2.05, 4.69) is 10.0 Å². The van der Waals surface area contributed by atoms with Crippen LogP contribution in [-0.4, -0.2) is 34.0 Å². The van der Waals surface area contributed by atoms with Gasteiger partial charge in [0.05, 0.1) is 11.5 Å². The number of nitrogens with one attached hydrogen (secondary N) is 2. The number of amides is 1. The first-order valence-corrected chi connectivity index (χ1v) is 10.3. The molecule has 146 valence electrons. The minimum Gasteiger partial charge on any atom is -0.494 e. The summed E-state index contributed by atoms with van der Waals surface area (Å²) in [6.07, 6.45) is 1.63. The number of ether oxygens (including phenoxy) is 1. The van der Waals surface area contributed by atoms with E-state index in [4.69, 9.17) is 10.5 Å². The van der Waals surface area contributed by atoms with Gasteiger partial charge in [0.1, 0.15) is 5.75 Å². The van der Waals surface area contributed by atoms with Crippen molar-refractivity contribution in [2.24, 2.45) is 5.73 Å². The van der Waals surface area contributed by atoms with Crippen LogP contribution in [0.15, 0.2) is 53.4 Å². The number of unbranched alkanes of at least 4 members (excludes halogenated alkanes) is 1. The van der Waals surface area contributed by atoms with E-state index in [1.807, 2.05) is 6.92 Å². The molecule has 0 unspecified atom stereocenters. The summed E-state index contributed by atoms with van der Waals surface area (Å²) >= 11 is 0. The Labute approximate surface area is 160 Å². The van der Waals surface area contributed by atoms with Gasteiger partial charge in [-0.2, -0.15) is 0 Å². The van der Waals surface area contributed by atoms with Gasteiger partial charge in [-0.15, -0.1) is 0 Å². The number of hydrogen-bond donors (Lipinski definition) is 3. The van der Waals surface area contributed by atoms with Gasteiger partial charge in [-0.05, 0) is 68.8 Å². The second kappa shape index (κ2) is 9.94. The first-order chi connectivity index (χ1) is 13.0. The fourth-order valence-corrected chi connectivity index (χ4v) is 3.44. The zero-order valence-corrected chi connectivity index (χ0v) is 16.1. The number of carbonyl (C=O) groups excluding carboxylic acids is 1. The van der Waals surface area contributed by atoms with Crippen LogP contribution in [-0.2, 0) is 10.0 Å². The topological polar surface area (TPSA) is 111 Å². The zero-order chi connectivity index (χ0) is 19.7. The fraction of sp³-hybridized carbons (Fsp3) is 0.316. The average molecular weight is 391 g/mol. The lowest BCUT2D eigenvalue weighted by molar-refractivity contribution is 0.0953. The van der Waals surface area contributed by atoms with Crippen molar-refractivity contribution in [1.29, 1.82) is 0 Å². The number of rotatable bonds is 10. The molecule has 0 saturated heterocycles. The van der Waals surface area contributed by atoms with E-state index in [1.54, 1.807) is 30.3 Å². The van der Waals surface area contributed by atoms with Gasteiger partial charge in [0, 0.05) is 17.8 Å². The maximum absolute atomic E-state index is 12.5. The molecule has 2 aromatic carbocycles. The Hall–Kier alpha value is -2.58. The first-order valence-electron chi connectivity index (χ1n) is 8.80. The molecule has 0 radical (unpaired) electrons. The smallest absolute Gasteiger partial charge is 0.261 e. The molecular formula is C19H25N3O4S. The van der Waals surface area contributed by atoms with Crippen LogP contribution in [0.5, 0.6) is 5.75 Å². The lowest BCUT2D eigenvalue weighted by Crippen LogP contribution is -2.25. The molecule has 0 bridgehead atoms. The lowest BCUT2D eigenvalue weighted by Gasteiger charge is -2.11. The van der Waals surface area contributed by atoms with Gasteiger partial charge in [0.25, 0.3) is 15.9 Å². The van der Waals surface area contributed by atoms with Crippen molar-refractivity contribution in [3.63, 3.8) is 0 Å². The predicted octanol–water partition coefficient (Wildman–Crippen LogP) is 2.35. The Morgan fingerprint density at radius 1 is 1.11 bits per heavy atom. The standard InChI is InChI=1S/C19H25N3O4S/c1-2-26-17-8-10-18(11-9-17)27(24,25)22-16-7-5-6-15(14-16)19(23)21-13-4-3-12-20/h5-11,14,22H,2-4,12-13,20H2,1H3,(H,21,23). The van der Waals surface area contributed by atoms with Crippen molar-refractivity contribution in [1.82, 2.24) is 5.32 Å². The molecule has 27 heavy (non-hydrogen) atoms. The van der Waals surface area contributed by atoms with Gasteiger partial charge in [-0.3, -0.25) is 9.52 Å². The van der Waals surface area contributed by atoms with E-state index in [0.29, 0.717) is 36.7 Å². The summed E-state index contributed by atoms with van der Waals surface area (Å²) in [4.78, 5) is 12.3. The summed E-state index contributed by atoms with van der Waals surface area (Å²) < 4.78 is 32.9. The van der Waals surface area contributed by atoms with E-state index < -0.39 is 10.0 Å². The summed E-state index contributed by atoms with van der Waals surface area (Å²) in [7, 11) is -3.76. The average Bonchev–Trinajstić information content (AvgIpc) is 2.66. The van der Waals surface area contributed by atoms with E-state index >= 15 is 0 Å². The molecular weight excluding hydrogens is 366 g/mol. The normalized spacial score (nSPS) is 11.0. The number of benzene rings is 2. The number of carbonyl (C=O) groups is 1.